The van der Waals surface area contributed by atoms with Crippen LogP contribution in [0.5, 0.6) is 0 Å². The van der Waals surface area contributed by atoms with Crippen LogP contribution in [0.1, 0.15) is 16.7 Å². The molecule has 1 aromatic heterocycles. The molecule has 1 heterocycles. The van der Waals surface area contributed by atoms with Crippen molar-refractivity contribution in [2.24, 2.45) is 5.16 Å². The van der Waals surface area contributed by atoms with E-state index in [-0.39, 0.29) is 0 Å². The van der Waals surface area contributed by atoms with Crippen molar-refractivity contribution < 1.29 is 4.84 Å². The minimum absolute atomic E-state index is 0.541. The van der Waals surface area contributed by atoms with Crippen LogP contribution in [0.15, 0.2) is 72.4 Å². The average molecular weight is 350 g/mol. The Hall–Kier alpha value is -3.03. The second-order valence-corrected chi connectivity index (χ2v) is 5.67. The van der Waals surface area contributed by atoms with E-state index in [9.17, 15) is 0 Å². The summed E-state index contributed by atoms with van der Waals surface area (Å²) in [5, 5.41) is 4.69. The molecule has 25 heavy (non-hydrogen) atoms. The van der Waals surface area contributed by atoms with Gasteiger partial charge >= 0.3 is 0 Å². The molecular formula is C20H16ClN3O. The molecule has 0 amide bonds. The summed E-state index contributed by atoms with van der Waals surface area (Å²) in [4.78, 5) is 9.00. The lowest BCUT2D eigenvalue weighted by atomic mass is 10.1. The Bertz CT molecular complexity index is 923. The van der Waals surface area contributed by atoms with Gasteiger partial charge in [0.25, 0.3) is 0 Å². The van der Waals surface area contributed by atoms with Crippen molar-refractivity contribution in [2.45, 2.75) is 6.54 Å². The van der Waals surface area contributed by atoms with Crippen LogP contribution in [0, 0.1) is 11.8 Å². The van der Waals surface area contributed by atoms with Gasteiger partial charge in [0, 0.05) is 29.1 Å². The molecule has 0 fully saturated rings. The quantitative estimate of drug-likeness (QED) is 0.406. The van der Waals surface area contributed by atoms with Crippen LogP contribution in [-0.2, 0) is 11.4 Å². The molecule has 0 aliphatic heterocycles. The van der Waals surface area contributed by atoms with E-state index >= 15 is 0 Å². The average Bonchev–Trinajstić information content (AvgIpc) is 3.14. The normalized spacial score (nSPS) is 10.9. The molecular weight excluding hydrogens is 334 g/mol. The first-order valence-electron chi connectivity index (χ1n) is 7.69. The van der Waals surface area contributed by atoms with Crippen molar-refractivity contribution in [3.8, 4) is 11.8 Å². The Kier molecular flexibility index (Phi) is 5.50. The molecule has 0 unspecified atom stereocenters. The van der Waals surface area contributed by atoms with E-state index in [0.29, 0.717) is 11.6 Å². The van der Waals surface area contributed by atoms with E-state index in [1.807, 2.05) is 59.3 Å². The fourth-order valence-electron chi connectivity index (χ4n) is 2.29. The number of oxime groups is 1. The molecule has 0 aliphatic rings. The lowest BCUT2D eigenvalue weighted by Gasteiger charge is -2.08. The molecule has 4 nitrogen and oxygen atoms in total. The molecule has 124 valence electrons. The summed E-state index contributed by atoms with van der Waals surface area (Å²) < 4.78 is 1.91. The number of benzene rings is 2. The zero-order valence-electron chi connectivity index (χ0n) is 13.7. The van der Waals surface area contributed by atoms with Gasteiger partial charge in [0.15, 0.2) is 0 Å². The lowest BCUT2D eigenvalue weighted by Crippen LogP contribution is -2.11. The van der Waals surface area contributed by atoms with Gasteiger partial charge in [-0.25, -0.2) is 4.98 Å². The second kappa shape index (κ2) is 8.18. The van der Waals surface area contributed by atoms with Gasteiger partial charge in [-0.1, -0.05) is 52.9 Å². The zero-order chi connectivity index (χ0) is 17.5. The molecule has 0 bridgehead atoms. The maximum absolute atomic E-state index is 6.40. The van der Waals surface area contributed by atoms with Crippen molar-refractivity contribution in [1.29, 1.82) is 0 Å². The van der Waals surface area contributed by atoms with Crippen molar-refractivity contribution in [3.05, 3.63) is 89.0 Å². The summed E-state index contributed by atoms with van der Waals surface area (Å²) in [5.41, 5.74) is 3.36. The fraction of sp³-hybridized carbons (Fsp3) is 0.100. The Balaban J connectivity index is 1.85. The van der Waals surface area contributed by atoms with Gasteiger partial charge in [-0.3, -0.25) is 0 Å². The van der Waals surface area contributed by atoms with Gasteiger partial charge in [0.05, 0.1) is 17.9 Å². The van der Waals surface area contributed by atoms with Crippen LogP contribution in [-0.4, -0.2) is 22.4 Å². The Morgan fingerprint density at radius 2 is 2.04 bits per heavy atom. The number of hydrogen-bond acceptors (Lipinski definition) is 3. The predicted molar refractivity (Wildman–Crippen MR) is 99.6 cm³/mol. The highest BCUT2D eigenvalue weighted by Crippen LogP contribution is 2.18. The van der Waals surface area contributed by atoms with Crippen LogP contribution in [0.25, 0.3) is 0 Å². The third kappa shape index (κ3) is 4.50. The summed E-state index contributed by atoms with van der Waals surface area (Å²) in [5.74, 6) is 6.21. The first kappa shape index (κ1) is 16.8. The Labute approximate surface area is 151 Å². The smallest absolute Gasteiger partial charge is 0.107 e. The Morgan fingerprint density at radius 3 is 2.72 bits per heavy atom. The molecule has 0 saturated carbocycles. The lowest BCUT2D eigenvalue weighted by molar-refractivity contribution is 0.212. The minimum Gasteiger partial charge on any atom is -0.399 e. The van der Waals surface area contributed by atoms with E-state index in [4.69, 9.17) is 16.4 Å². The molecule has 0 N–H and O–H groups in total. The van der Waals surface area contributed by atoms with Gasteiger partial charge < -0.3 is 9.40 Å². The highest BCUT2D eigenvalue weighted by Gasteiger charge is 2.08. The van der Waals surface area contributed by atoms with Crippen LogP contribution < -0.4 is 0 Å². The molecule has 2 aromatic carbocycles. The van der Waals surface area contributed by atoms with Crippen LogP contribution in [0.4, 0.5) is 0 Å². The highest BCUT2D eigenvalue weighted by atomic mass is 35.5. The number of halogens is 1. The monoisotopic (exact) mass is 349 g/mol. The third-order valence-corrected chi connectivity index (χ3v) is 3.82. The van der Waals surface area contributed by atoms with Gasteiger partial charge in [-0.05, 0) is 24.3 Å². The minimum atomic E-state index is 0.541. The summed E-state index contributed by atoms with van der Waals surface area (Å²) in [6, 6.07) is 15.5. The summed E-state index contributed by atoms with van der Waals surface area (Å²) >= 11 is 6.40. The van der Waals surface area contributed by atoms with Crippen molar-refractivity contribution in [1.82, 2.24) is 9.55 Å². The molecule has 0 aliphatic carbocycles. The topological polar surface area (TPSA) is 39.4 Å². The zero-order valence-corrected chi connectivity index (χ0v) is 14.4. The first-order chi connectivity index (χ1) is 12.3. The second-order valence-electron chi connectivity index (χ2n) is 5.27. The summed E-state index contributed by atoms with van der Waals surface area (Å²) in [7, 11) is 1.52. The number of nitrogens with zero attached hydrogens (tertiary/aromatic N) is 3. The molecule has 3 rings (SSSR count). The maximum Gasteiger partial charge on any atom is 0.107 e. The predicted octanol–water partition coefficient (Wildman–Crippen LogP) is 3.99. The summed E-state index contributed by atoms with van der Waals surface area (Å²) in [6.07, 6.45) is 5.32. The van der Waals surface area contributed by atoms with Gasteiger partial charge in [-0.2, -0.15) is 0 Å². The number of rotatable bonds is 4. The fourth-order valence-corrected chi connectivity index (χ4v) is 2.52. The standard InChI is InChI=1S/C20H16ClN3O/c1-25-23-20(14-24-12-11-22-15-24)18-10-9-17(19(21)13-18)8-7-16-5-3-2-4-6-16/h2-6,9-13,15H,14H2,1H3. The molecule has 0 radical (unpaired) electrons. The number of aromatic nitrogens is 2. The molecule has 0 saturated heterocycles. The third-order valence-electron chi connectivity index (χ3n) is 3.51. The highest BCUT2D eigenvalue weighted by molar-refractivity contribution is 6.32. The molecule has 0 atom stereocenters. The van der Waals surface area contributed by atoms with E-state index in [0.717, 1.165) is 22.4 Å². The molecule has 5 heteroatoms. The van der Waals surface area contributed by atoms with Crippen LogP contribution >= 0.6 is 11.6 Å². The number of hydrogen-bond donors (Lipinski definition) is 0. The van der Waals surface area contributed by atoms with Gasteiger partial charge in [0.2, 0.25) is 0 Å². The van der Waals surface area contributed by atoms with E-state index in [1.165, 1.54) is 7.11 Å². The van der Waals surface area contributed by atoms with E-state index in [1.54, 1.807) is 12.5 Å². The van der Waals surface area contributed by atoms with Crippen LogP contribution in [0.2, 0.25) is 5.02 Å². The summed E-state index contributed by atoms with van der Waals surface area (Å²) in [6.45, 7) is 0.541. The van der Waals surface area contributed by atoms with Crippen molar-refractivity contribution >= 4 is 17.3 Å². The van der Waals surface area contributed by atoms with Gasteiger partial charge in [-0.15, -0.1) is 0 Å². The molecule has 3 aromatic rings. The van der Waals surface area contributed by atoms with Crippen molar-refractivity contribution in [2.75, 3.05) is 7.11 Å². The maximum atomic E-state index is 6.40. The molecule has 0 spiro atoms. The Morgan fingerprint density at radius 1 is 1.20 bits per heavy atom. The van der Waals surface area contributed by atoms with E-state index < -0.39 is 0 Å². The van der Waals surface area contributed by atoms with Crippen molar-refractivity contribution in [3.63, 3.8) is 0 Å². The van der Waals surface area contributed by atoms with Gasteiger partial charge in [0.1, 0.15) is 12.8 Å². The van der Waals surface area contributed by atoms with E-state index in [2.05, 4.69) is 22.0 Å². The number of imidazole rings is 1. The van der Waals surface area contributed by atoms with Crippen LogP contribution in [0.3, 0.4) is 0 Å². The first-order valence-corrected chi connectivity index (χ1v) is 8.07. The SMILES string of the molecule is CON=C(Cn1ccnc1)c1ccc(C#Cc2ccccc2)c(Cl)c1. The largest absolute Gasteiger partial charge is 0.399 e.